The quantitative estimate of drug-likeness (QED) is 0.216. The number of aromatic nitrogens is 3. The summed E-state index contributed by atoms with van der Waals surface area (Å²) < 4.78 is 79.2. The maximum atomic E-state index is 14.7. The number of carbonyl (C=O) groups is 1. The van der Waals surface area contributed by atoms with E-state index in [1.54, 1.807) is 23.8 Å². The molecule has 3 aliphatic rings. The van der Waals surface area contributed by atoms with Crippen LogP contribution in [-0.2, 0) is 36.4 Å². The zero-order chi connectivity index (χ0) is 36.5. The normalized spacial score (nSPS) is 22.0. The molecule has 4 aromatic rings. The SMILES string of the molecule is COc1ccccc1[C@H](Cn1c(=O)n(C(C)(C)C(=O)NS(=O)(=O)C2(C(F)F)CC2)c(=O)c2c(C)c(-c3ncco3)sc21)OC1C[C@H]2CC[C@@H](C1)O2. The fourth-order valence-corrected chi connectivity index (χ4v) is 10.00. The molecule has 1 unspecified atom stereocenters. The maximum absolute atomic E-state index is 14.7. The lowest BCUT2D eigenvalue weighted by Crippen LogP contribution is -2.58. The molecule has 51 heavy (non-hydrogen) atoms. The second kappa shape index (κ2) is 12.9. The molecule has 3 fully saturated rings. The molecule has 1 N–H and O–H groups in total. The molecule has 1 aromatic carbocycles. The van der Waals surface area contributed by atoms with Crippen LogP contribution in [-0.4, -0.2) is 65.0 Å². The number of para-hydroxylation sites is 1. The molecule has 2 aliphatic heterocycles. The van der Waals surface area contributed by atoms with Crippen LogP contribution < -0.4 is 20.7 Å². The molecule has 7 rings (SSSR count). The Morgan fingerprint density at radius 1 is 1.18 bits per heavy atom. The third-order valence-electron chi connectivity index (χ3n) is 10.3. The first kappa shape index (κ1) is 35.5. The molecule has 0 radical (unpaired) electrons. The highest BCUT2D eigenvalue weighted by Crippen LogP contribution is 2.48. The molecule has 2 saturated heterocycles. The Labute approximate surface area is 295 Å². The first-order valence-electron chi connectivity index (χ1n) is 16.7. The van der Waals surface area contributed by atoms with Crippen LogP contribution in [0, 0.1) is 6.92 Å². The minimum absolute atomic E-state index is 0.0575. The van der Waals surface area contributed by atoms with Crippen LogP contribution in [0.4, 0.5) is 8.78 Å². The molecule has 1 aliphatic carbocycles. The third-order valence-corrected chi connectivity index (χ3v) is 13.7. The van der Waals surface area contributed by atoms with Crippen LogP contribution in [0.3, 0.4) is 0 Å². The molecule has 2 bridgehead atoms. The second-order valence-electron chi connectivity index (χ2n) is 13.9. The summed E-state index contributed by atoms with van der Waals surface area (Å²) in [6.45, 7) is 3.91. The average Bonchev–Trinajstić information content (AvgIpc) is 3.43. The Morgan fingerprint density at radius 3 is 2.47 bits per heavy atom. The predicted octanol–water partition coefficient (Wildman–Crippen LogP) is 4.64. The van der Waals surface area contributed by atoms with Crippen molar-refractivity contribution in [1.29, 1.82) is 0 Å². The van der Waals surface area contributed by atoms with E-state index in [0.29, 0.717) is 39.2 Å². The fraction of sp³-hybridized carbons (Fsp3) is 0.529. The smallest absolute Gasteiger partial charge is 0.333 e. The summed E-state index contributed by atoms with van der Waals surface area (Å²) in [5.41, 5.74) is -2.91. The van der Waals surface area contributed by atoms with E-state index in [1.165, 1.54) is 38.0 Å². The van der Waals surface area contributed by atoms with Gasteiger partial charge in [0.15, 0.2) is 4.75 Å². The number of benzene rings is 1. The maximum Gasteiger partial charge on any atom is 0.333 e. The Kier molecular flexibility index (Phi) is 8.99. The summed E-state index contributed by atoms with van der Waals surface area (Å²) in [5, 5.41) is 0.0747. The number of ether oxygens (including phenoxy) is 3. The van der Waals surface area contributed by atoms with E-state index in [1.807, 2.05) is 12.1 Å². The Hall–Kier alpha value is -3.93. The third kappa shape index (κ3) is 6.00. The van der Waals surface area contributed by atoms with Crippen molar-refractivity contribution in [2.24, 2.45) is 0 Å². The van der Waals surface area contributed by atoms with E-state index >= 15 is 0 Å². The van der Waals surface area contributed by atoms with Crippen molar-refractivity contribution in [1.82, 2.24) is 18.8 Å². The van der Waals surface area contributed by atoms with Crippen LogP contribution in [0.25, 0.3) is 21.0 Å². The van der Waals surface area contributed by atoms with Crippen LogP contribution in [0.15, 0.2) is 50.7 Å². The van der Waals surface area contributed by atoms with Gasteiger partial charge in [-0.2, -0.15) is 0 Å². The number of alkyl halides is 2. The van der Waals surface area contributed by atoms with Gasteiger partial charge in [-0.15, -0.1) is 11.3 Å². The van der Waals surface area contributed by atoms with Crippen molar-refractivity contribution in [3.63, 3.8) is 0 Å². The molecule has 1 amide bonds. The molecular weight excluding hydrogens is 711 g/mol. The predicted molar refractivity (Wildman–Crippen MR) is 183 cm³/mol. The number of thiophene rings is 1. The van der Waals surface area contributed by atoms with Gasteiger partial charge in [0, 0.05) is 5.56 Å². The lowest BCUT2D eigenvalue weighted by molar-refractivity contribution is -0.126. The summed E-state index contributed by atoms with van der Waals surface area (Å²) in [6.07, 6.45) is 1.19. The van der Waals surface area contributed by atoms with E-state index in [4.69, 9.17) is 18.6 Å². The molecule has 1 saturated carbocycles. The number of nitrogens with one attached hydrogen (secondary N) is 1. The minimum Gasteiger partial charge on any atom is -0.496 e. The van der Waals surface area contributed by atoms with E-state index in [-0.39, 0.29) is 53.8 Å². The van der Waals surface area contributed by atoms with Crippen molar-refractivity contribution in [2.45, 2.75) is 107 Å². The molecule has 17 heteroatoms. The summed E-state index contributed by atoms with van der Waals surface area (Å²) in [7, 11) is -3.35. The molecular formula is C34H38F2N4O9S2. The Morgan fingerprint density at radius 2 is 1.86 bits per heavy atom. The number of carbonyl (C=O) groups excluding carboxylic acids is 1. The Bertz CT molecular complexity index is 2200. The summed E-state index contributed by atoms with van der Waals surface area (Å²) >= 11 is 1.10. The van der Waals surface area contributed by atoms with E-state index in [2.05, 4.69) is 4.98 Å². The standard InChI is InChI=1S/C34H38F2N4O9S2/c1-18-25-28(41)40(33(2,3)31(42)38-51(44,45)34(11-12-34)30(35)36)32(43)39(29(25)50-26(18)27-37-13-14-47-27)17-24(22-7-5-6-8-23(22)46-4)49-21-15-19-9-10-20(16-21)48-19/h5-8,13-14,19-21,24,30H,9-12,15-17H2,1-4H3,(H,38,42)/t19-,20+,21?,24-/m0/s1. The number of hydrogen-bond donors (Lipinski definition) is 1. The van der Waals surface area contributed by atoms with Crippen LogP contribution >= 0.6 is 11.3 Å². The number of rotatable bonds is 12. The van der Waals surface area contributed by atoms with Gasteiger partial charge in [0.25, 0.3) is 17.9 Å². The van der Waals surface area contributed by atoms with Crippen LogP contribution in [0.2, 0.25) is 0 Å². The molecule has 4 atom stereocenters. The van der Waals surface area contributed by atoms with E-state index in [0.717, 1.165) is 24.2 Å². The van der Waals surface area contributed by atoms with Crippen molar-refractivity contribution in [3.8, 4) is 16.5 Å². The highest BCUT2D eigenvalue weighted by atomic mass is 32.2. The minimum atomic E-state index is -4.87. The lowest BCUT2D eigenvalue weighted by atomic mass is 10.0. The van der Waals surface area contributed by atoms with Crippen molar-refractivity contribution < 1.29 is 40.6 Å². The number of halogens is 2. The van der Waals surface area contributed by atoms with Gasteiger partial charge in [0.1, 0.15) is 28.5 Å². The largest absolute Gasteiger partial charge is 0.496 e. The average molecular weight is 749 g/mol. The highest BCUT2D eigenvalue weighted by Gasteiger charge is 2.63. The number of aryl methyl sites for hydroxylation is 1. The zero-order valence-electron chi connectivity index (χ0n) is 28.4. The molecule has 274 valence electrons. The number of amides is 1. The summed E-state index contributed by atoms with van der Waals surface area (Å²) in [6, 6.07) is 7.22. The molecule has 13 nitrogen and oxygen atoms in total. The van der Waals surface area contributed by atoms with Gasteiger partial charge in [0.2, 0.25) is 15.9 Å². The highest BCUT2D eigenvalue weighted by molar-refractivity contribution is 7.91. The van der Waals surface area contributed by atoms with Gasteiger partial charge < -0.3 is 18.6 Å². The number of oxazole rings is 1. The fourth-order valence-electron chi connectivity index (χ4n) is 7.18. The van der Waals surface area contributed by atoms with Gasteiger partial charge in [-0.3, -0.25) is 18.9 Å². The van der Waals surface area contributed by atoms with Crippen molar-refractivity contribution >= 4 is 37.5 Å². The summed E-state index contributed by atoms with van der Waals surface area (Å²) in [5.74, 6) is -0.592. The molecule has 0 spiro atoms. The van der Waals surface area contributed by atoms with Crippen molar-refractivity contribution in [3.05, 3.63) is 68.7 Å². The van der Waals surface area contributed by atoms with Gasteiger partial charge in [-0.25, -0.2) is 31.5 Å². The van der Waals surface area contributed by atoms with Gasteiger partial charge in [0.05, 0.1) is 48.4 Å². The molecule has 5 heterocycles. The van der Waals surface area contributed by atoms with Crippen LogP contribution in [0.5, 0.6) is 5.75 Å². The first-order chi connectivity index (χ1) is 24.2. The molecule has 3 aromatic heterocycles. The number of fused-ring (bicyclic) bond motifs is 3. The van der Waals surface area contributed by atoms with Gasteiger partial charge in [-0.05, 0) is 70.9 Å². The van der Waals surface area contributed by atoms with E-state index in [9.17, 15) is 31.6 Å². The number of nitrogens with zero attached hydrogens (tertiary/aromatic N) is 3. The second-order valence-corrected chi connectivity index (χ2v) is 16.9. The number of sulfonamides is 1. The summed E-state index contributed by atoms with van der Waals surface area (Å²) in [4.78, 5) is 47.8. The van der Waals surface area contributed by atoms with Gasteiger partial charge >= 0.3 is 5.69 Å². The monoisotopic (exact) mass is 748 g/mol. The topological polar surface area (TPSA) is 161 Å². The number of methoxy groups -OCH3 is 1. The number of hydrogen-bond acceptors (Lipinski definition) is 11. The lowest BCUT2D eigenvalue weighted by Gasteiger charge is -2.33. The zero-order valence-corrected chi connectivity index (χ0v) is 30.0. The van der Waals surface area contributed by atoms with Crippen molar-refractivity contribution in [2.75, 3.05) is 7.11 Å². The van der Waals surface area contributed by atoms with E-state index < -0.39 is 50.0 Å². The van der Waals surface area contributed by atoms with Gasteiger partial charge in [-0.1, -0.05) is 18.2 Å². The first-order valence-corrected chi connectivity index (χ1v) is 19.0. The van der Waals surface area contributed by atoms with Crippen LogP contribution in [0.1, 0.15) is 69.6 Å². The Balaban J connectivity index is 1.38.